The molecule has 6 heteroatoms. The van der Waals surface area contributed by atoms with Crippen molar-refractivity contribution in [2.75, 3.05) is 30.0 Å². The lowest BCUT2D eigenvalue weighted by Gasteiger charge is -2.18. The van der Waals surface area contributed by atoms with Gasteiger partial charge in [-0.15, -0.1) is 12.4 Å². The molecule has 0 radical (unpaired) electrons. The summed E-state index contributed by atoms with van der Waals surface area (Å²) in [6, 6.07) is 11.3. The molecular formula is C18H25ClN4O. The minimum absolute atomic E-state index is 0. The number of carbonyl (C=O) groups is 1. The van der Waals surface area contributed by atoms with Gasteiger partial charge in [0, 0.05) is 26.0 Å². The Bertz CT molecular complexity index is 661. The molecule has 0 spiro atoms. The van der Waals surface area contributed by atoms with E-state index < -0.39 is 0 Å². The van der Waals surface area contributed by atoms with Crippen LogP contribution in [-0.4, -0.2) is 25.0 Å². The van der Waals surface area contributed by atoms with Crippen LogP contribution in [0.3, 0.4) is 0 Å². The first-order valence-electron chi connectivity index (χ1n) is 7.81. The van der Waals surface area contributed by atoms with Crippen molar-refractivity contribution in [1.29, 1.82) is 0 Å². The van der Waals surface area contributed by atoms with Crippen molar-refractivity contribution < 1.29 is 4.79 Å². The summed E-state index contributed by atoms with van der Waals surface area (Å²) < 4.78 is 0. The van der Waals surface area contributed by atoms with E-state index in [-0.39, 0.29) is 24.2 Å². The molecule has 3 N–H and O–H groups in total. The summed E-state index contributed by atoms with van der Waals surface area (Å²) >= 11 is 0. The minimum atomic E-state index is -0.269. The summed E-state index contributed by atoms with van der Waals surface area (Å²) in [6.45, 7) is 2.06. The summed E-state index contributed by atoms with van der Waals surface area (Å²) in [4.78, 5) is 18.9. The van der Waals surface area contributed by atoms with Crippen LogP contribution in [0.5, 0.6) is 0 Å². The number of aromatic nitrogens is 1. The monoisotopic (exact) mass is 348 g/mol. The Morgan fingerprint density at radius 2 is 2.04 bits per heavy atom. The fourth-order valence-corrected chi connectivity index (χ4v) is 2.45. The van der Waals surface area contributed by atoms with Crippen LogP contribution in [0, 0.1) is 0 Å². The van der Waals surface area contributed by atoms with Gasteiger partial charge in [-0.25, -0.2) is 0 Å². The molecule has 1 unspecified atom stereocenters. The highest BCUT2D eigenvalue weighted by atomic mass is 35.5. The molecule has 0 aliphatic carbocycles. The van der Waals surface area contributed by atoms with Crippen LogP contribution < -0.4 is 16.0 Å². The third-order valence-corrected chi connectivity index (χ3v) is 3.75. The molecule has 24 heavy (non-hydrogen) atoms. The summed E-state index contributed by atoms with van der Waals surface area (Å²) in [5.41, 5.74) is 9.04. The first-order valence-corrected chi connectivity index (χ1v) is 7.81. The van der Waals surface area contributed by atoms with E-state index in [1.807, 2.05) is 55.4 Å². The normalized spacial score (nSPS) is 11.3. The van der Waals surface area contributed by atoms with Gasteiger partial charge < -0.3 is 16.0 Å². The van der Waals surface area contributed by atoms with Crippen LogP contribution in [0.4, 0.5) is 17.1 Å². The number of halogens is 1. The fraction of sp³-hybridized carbons (Fsp3) is 0.333. The molecular weight excluding hydrogens is 324 g/mol. The summed E-state index contributed by atoms with van der Waals surface area (Å²) in [5.74, 6) is -0.344. The number of hydrogen-bond donors (Lipinski definition) is 2. The SMILES string of the molecule is CCCC(C(=O)Nc1ccc(N(C)C)cc1N)c1ccccn1.Cl. The number of nitrogens with zero attached hydrogens (tertiary/aromatic N) is 2. The van der Waals surface area contributed by atoms with Crippen LogP contribution >= 0.6 is 12.4 Å². The molecule has 130 valence electrons. The van der Waals surface area contributed by atoms with Crippen molar-refractivity contribution in [1.82, 2.24) is 4.98 Å². The van der Waals surface area contributed by atoms with Gasteiger partial charge in [0.1, 0.15) is 0 Å². The van der Waals surface area contributed by atoms with Gasteiger partial charge in [-0.2, -0.15) is 0 Å². The smallest absolute Gasteiger partial charge is 0.233 e. The summed E-state index contributed by atoms with van der Waals surface area (Å²) in [7, 11) is 3.90. The van der Waals surface area contributed by atoms with Crippen molar-refractivity contribution in [3.63, 3.8) is 0 Å². The van der Waals surface area contributed by atoms with Gasteiger partial charge in [0.25, 0.3) is 0 Å². The second-order valence-electron chi connectivity index (χ2n) is 5.75. The summed E-state index contributed by atoms with van der Waals surface area (Å²) in [5, 5.41) is 2.94. The van der Waals surface area contributed by atoms with E-state index in [2.05, 4.69) is 17.2 Å². The number of carbonyl (C=O) groups excluding carboxylic acids is 1. The maximum atomic E-state index is 12.7. The number of nitrogen functional groups attached to an aromatic ring is 1. The highest BCUT2D eigenvalue weighted by Gasteiger charge is 2.21. The molecule has 0 bridgehead atoms. The van der Waals surface area contributed by atoms with E-state index in [9.17, 15) is 4.79 Å². The lowest BCUT2D eigenvalue weighted by Crippen LogP contribution is -2.22. The number of anilines is 3. The number of benzene rings is 1. The number of rotatable bonds is 6. The highest BCUT2D eigenvalue weighted by molar-refractivity contribution is 5.98. The number of pyridine rings is 1. The van der Waals surface area contributed by atoms with E-state index in [0.717, 1.165) is 24.2 Å². The Kier molecular flexibility index (Phi) is 7.52. The zero-order valence-corrected chi connectivity index (χ0v) is 15.1. The second-order valence-corrected chi connectivity index (χ2v) is 5.75. The van der Waals surface area contributed by atoms with Gasteiger partial charge in [-0.05, 0) is 36.8 Å². The van der Waals surface area contributed by atoms with Crippen LogP contribution in [0.25, 0.3) is 0 Å². The average molecular weight is 349 g/mol. The molecule has 0 saturated heterocycles. The van der Waals surface area contributed by atoms with Crippen LogP contribution in [-0.2, 0) is 4.79 Å². The first-order chi connectivity index (χ1) is 11.0. The van der Waals surface area contributed by atoms with Crippen molar-refractivity contribution in [3.8, 4) is 0 Å². The summed E-state index contributed by atoms with van der Waals surface area (Å²) in [6.07, 6.45) is 3.37. The molecule has 1 aromatic carbocycles. The Balaban J connectivity index is 0.00000288. The minimum Gasteiger partial charge on any atom is -0.397 e. The zero-order chi connectivity index (χ0) is 16.8. The predicted molar refractivity (Wildman–Crippen MR) is 103 cm³/mol. The largest absolute Gasteiger partial charge is 0.397 e. The highest BCUT2D eigenvalue weighted by Crippen LogP contribution is 2.27. The molecule has 0 aliphatic rings. The topological polar surface area (TPSA) is 71.2 Å². The molecule has 2 aromatic rings. The zero-order valence-electron chi connectivity index (χ0n) is 14.3. The lowest BCUT2D eigenvalue weighted by molar-refractivity contribution is -0.117. The second kappa shape index (κ2) is 9.13. The van der Waals surface area contributed by atoms with E-state index in [4.69, 9.17) is 5.73 Å². The van der Waals surface area contributed by atoms with Gasteiger partial charge in [0.2, 0.25) is 5.91 Å². The van der Waals surface area contributed by atoms with Crippen molar-refractivity contribution in [3.05, 3.63) is 48.3 Å². The number of amides is 1. The third-order valence-electron chi connectivity index (χ3n) is 3.75. The Labute approximate surface area is 149 Å². The number of nitrogens with one attached hydrogen (secondary N) is 1. The standard InChI is InChI=1S/C18H24N4O.ClH/c1-4-7-14(16-8-5-6-11-20-16)18(23)21-17-10-9-13(22(2)3)12-15(17)19;/h5-6,8-12,14H,4,7,19H2,1-3H3,(H,21,23);1H. The van der Waals surface area contributed by atoms with Crippen molar-refractivity contribution >= 4 is 35.4 Å². The maximum Gasteiger partial charge on any atom is 0.233 e. The molecule has 1 heterocycles. The predicted octanol–water partition coefficient (Wildman–Crippen LogP) is 3.67. The number of hydrogen-bond acceptors (Lipinski definition) is 4. The fourth-order valence-electron chi connectivity index (χ4n) is 2.45. The van der Waals surface area contributed by atoms with Crippen LogP contribution in [0.2, 0.25) is 0 Å². The molecule has 1 amide bonds. The van der Waals surface area contributed by atoms with Gasteiger partial charge in [-0.1, -0.05) is 19.4 Å². The lowest BCUT2D eigenvalue weighted by atomic mass is 9.98. The van der Waals surface area contributed by atoms with Crippen molar-refractivity contribution in [2.45, 2.75) is 25.7 Å². The molecule has 1 aromatic heterocycles. The van der Waals surface area contributed by atoms with Gasteiger partial charge in [0.15, 0.2) is 0 Å². The van der Waals surface area contributed by atoms with Gasteiger partial charge in [-0.3, -0.25) is 9.78 Å². The maximum absolute atomic E-state index is 12.7. The van der Waals surface area contributed by atoms with E-state index in [1.54, 1.807) is 6.20 Å². The molecule has 0 fully saturated rings. The van der Waals surface area contributed by atoms with Crippen LogP contribution in [0.15, 0.2) is 42.6 Å². The molecule has 0 aliphatic heterocycles. The van der Waals surface area contributed by atoms with E-state index in [0.29, 0.717) is 11.4 Å². The Morgan fingerprint density at radius 3 is 2.58 bits per heavy atom. The molecule has 2 rings (SSSR count). The van der Waals surface area contributed by atoms with E-state index >= 15 is 0 Å². The third kappa shape index (κ3) is 4.86. The average Bonchev–Trinajstić information content (AvgIpc) is 2.55. The van der Waals surface area contributed by atoms with E-state index in [1.165, 1.54) is 0 Å². The molecule has 5 nitrogen and oxygen atoms in total. The first kappa shape index (κ1) is 19.8. The van der Waals surface area contributed by atoms with Crippen molar-refractivity contribution in [2.24, 2.45) is 0 Å². The van der Waals surface area contributed by atoms with Crippen LogP contribution in [0.1, 0.15) is 31.4 Å². The van der Waals surface area contributed by atoms with Gasteiger partial charge in [0.05, 0.1) is 23.0 Å². The Morgan fingerprint density at radius 1 is 1.29 bits per heavy atom. The molecule has 0 saturated carbocycles. The molecule has 1 atom stereocenters. The quantitative estimate of drug-likeness (QED) is 0.781. The Hall–Kier alpha value is -2.27. The number of nitrogens with two attached hydrogens (primary N) is 1. The van der Waals surface area contributed by atoms with Gasteiger partial charge >= 0.3 is 0 Å².